The zero-order valence-electron chi connectivity index (χ0n) is 12.5. The van der Waals surface area contributed by atoms with E-state index in [9.17, 15) is 33.8 Å². The zero-order valence-corrected chi connectivity index (χ0v) is 13.3. The van der Waals surface area contributed by atoms with E-state index in [2.05, 4.69) is 0 Å². The fourth-order valence-electron chi connectivity index (χ4n) is 1.93. The van der Waals surface area contributed by atoms with Gasteiger partial charge in [-0.15, -0.1) is 0 Å². The first-order valence-corrected chi connectivity index (χ1v) is 8.18. The summed E-state index contributed by atoms with van der Waals surface area (Å²) in [5, 5.41) is 31.7. The molecule has 0 aromatic heterocycles. The quantitative estimate of drug-likeness (QED) is 0.442. The van der Waals surface area contributed by atoms with E-state index >= 15 is 0 Å². The number of nitro groups is 2. The normalized spacial score (nSPS) is 12.5. The van der Waals surface area contributed by atoms with Crippen molar-refractivity contribution in [1.29, 1.82) is 0 Å². The van der Waals surface area contributed by atoms with Gasteiger partial charge in [0, 0.05) is 12.1 Å². The summed E-state index contributed by atoms with van der Waals surface area (Å²) in [5.41, 5.74) is -1.41. The minimum Gasteiger partial charge on any atom is -0.386 e. The van der Waals surface area contributed by atoms with Crippen molar-refractivity contribution in [2.75, 3.05) is 6.61 Å². The van der Waals surface area contributed by atoms with Crippen LogP contribution in [0, 0.1) is 20.2 Å². The number of benzene rings is 2. The Bertz CT molecular complexity index is 866. The summed E-state index contributed by atoms with van der Waals surface area (Å²) in [7, 11) is -4.14. The molecular weight excluding hydrogens is 356 g/mol. The van der Waals surface area contributed by atoms with E-state index in [4.69, 9.17) is 4.18 Å². The van der Waals surface area contributed by atoms with E-state index in [0.29, 0.717) is 0 Å². The van der Waals surface area contributed by atoms with Gasteiger partial charge in [-0.3, -0.25) is 24.4 Å². The van der Waals surface area contributed by atoms with Crippen molar-refractivity contribution in [1.82, 2.24) is 0 Å². The van der Waals surface area contributed by atoms with Crippen LogP contribution >= 0.6 is 0 Å². The lowest BCUT2D eigenvalue weighted by molar-refractivity contribution is -0.394. The first-order chi connectivity index (χ1) is 11.7. The van der Waals surface area contributed by atoms with Crippen LogP contribution < -0.4 is 0 Å². The van der Waals surface area contributed by atoms with Crippen molar-refractivity contribution >= 4 is 21.5 Å². The van der Waals surface area contributed by atoms with Gasteiger partial charge in [0.1, 0.15) is 6.10 Å². The van der Waals surface area contributed by atoms with Gasteiger partial charge in [0.05, 0.1) is 27.4 Å². The molecule has 0 spiro atoms. The predicted octanol–water partition coefficient (Wildman–Crippen LogP) is 1.94. The second-order valence-corrected chi connectivity index (χ2v) is 6.48. The molecule has 2 aromatic rings. The summed E-state index contributed by atoms with van der Waals surface area (Å²) in [6.45, 7) is -0.754. The Morgan fingerprint density at radius 3 is 2.00 bits per heavy atom. The van der Waals surface area contributed by atoms with Crippen molar-refractivity contribution < 1.29 is 27.6 Å². The van der Waals surface area contributed by atoms with E-state index in [1.54, 1.807) is 6.07 Å². The Morgan fingerprint density at radius 1 is 1.00 bits per heavy atom. The fourth-order valence-corrected chi connectivity index (χ4v) is 2.86. The number of nitrogens with zero attached hydrogens (tertiary/aromatic N) is 2. The third kappa shape index (κ3) is 4.56. The summed E-state index contributed by atoms with van der Waals surface area (Å²) in [6.07, 6.45) is -1.61. The molecule has 1 N–H and O–H groups in total. The lowest BCUT2D eigenvalue weighted by atomic mass is 10.1. The van der Waals surface area contributed by atoms with Crippen molar-refractivity contribution in [2.45, 2.75) is 11.0 Å². The molecule has 0 saturated carbocycles. The number of nitro benzene ring substituents is 2. The summed E-state index contributed by atoms with van der Waals surface area (Å²) in [6, 6.07) is 9.72. The van der Waals surface area contributed by atoms with Gasteiger partial charge in [-0.1, -0.05) is 18.2 Å². The van der Waals surface area contributed by atoms with E-state index in [1.807, 2.05) is 0 Å². The van der Waals surface area contributed by atoms with E-state index in [0.717, 1.165) is 18.2 Å². The monoisotopic (exact) mass is 368 g/mol. The van der Waals surface area contributed by atoms with Crippen LogP contribution in [-0.2, 0) is 14.3 Å². The van der Waals surface area contributed by atoms with Crippen LogP contribution in [-0.4, -0.2) is 30.0 Å². The van der Waals surface area contributed by atoms with E-state index < -0.39 is 44.1 Å². The first-order valence-electron chi connectivity index (χ1n) is 6.77. The highest BCUT2D eigenvalue weighted by molar-refractivity contribution is 7.86. The zero-order chi connectivity index (χ0) is 18.6. The maximum absolute atomic E-state index is 12.0. The molecule has 0 bridgehead atoms. The molecule has 0 saturated heterocycles. The van der Waals surface area contributed by atoms with Crippen molar-refractivity contribution in [3.8, 4) is 0 Å². The Labute approximate surface area is 141 Å². The van der Waals surface area contributed by atoms with Crippen LogP contribution in [0.3, 0.4) is 0 Å². The molecule has 0 radical (unpaired) electrons. The molecule has 0 aliphatic carbocycles. The smallest absolute Gasteiger partial charge is 0.297 e. The molecule has 25 heavy (non-hydrogen) atoms. The van der Waals surface area contributed by atoms with E-state index in [1.165, 1.54) is 24.3 Å². The summed E-state index contributed by atoms with van der Waals surface area (Å²) < 4.78 is 28.7. The fraction of sp³-hybridized carbons (Fsp3) is 0.143. The van der Waals surface area contributed by atoms with Gasteiger partial charge in [-0.25, -0.2) is 0 Å². The van der Waals surface area contributed by atoms with Gasteiger partial charge in [0.2, 0.25) is 0 Å². The number of rotatable bonds is 7. The van der Waals surface area contributed by atoms with Gasteiger partial charge < -0.3 is 5.11 Å². The maximum atomic E-state index is 12.0. The standard InChI is InChI=1S/C14H12N2O8S/c17-14(9-24-25(22,23)13-4-2-1-3-5-13)10-6-11(15(18)19)8-12(7-10)16(20)21/h1-8,14,17H,9H2. The number of hydrogen-bond acceptors (Lipinski definition) is 8. The molecule has 1 atom stereocenters. The van der Waals surface area contributed by atoms with E-state index in [-0.39, 0.29) is 10.5 Å². The van der Waals surface area contributed by atoms with Crippen LogP contribution in [0.15, 0.2) is 53.4 Å². The van der Waals surface area contributed by atoms with Gasteiger partial charge >= 0.3 is 0 Å². The minimum atomic E-state index is -4.14. The highest BCUT2D eigenvalue weighted by Crippen LogP contribution is 2.27. The number of hydrogen-bond donors (Lipinski definition) is 1. The Hall–Kier alpha value is -2.89. The molecule has 1 unspecified atom stereocenters. The lowest BCUT2D eigenvalue weighted by Crippen LogP contribution is -2.13. The largest absolute Gasteiger partial charge is 0.386 e. The summed E-state index contributed by atoms with van der Waals surface area (Å²) in [5.74, 6) is 0. The third-order valence-corrected chi connectivity index (χ3v) is 4.44. The average molecular weight is 368 g/mol. The molecule has 0 aliphatic heterocycles. The Morgan fingerprint density at radius 2 is 1.52 bits per heavy atom. The molecule has 0 fully saturated rings. The average Bonchev–Trinajstić information content (AvgIpc) is 2.60. The summed E-state index contributed by atoms with van der Waals surface area (Å²) >= 11 is 0. The highest BCUT2D eigenvalue weighted by Gasteiger charge is 2.22. The second kappa shape index (κ2) is 7.34. The number of non-ortho nitro benzene ring substituents is 2. The molecule has 2 aromatic carbocycles. The lowest BCUT2D eigenvalue weighted by Gasteiger charge is -2.11. The van der Waals surface area contributed by atoms with Crippen molar-refractivity contribution in [3.05, 3.63) is 74.3 Å². The molecule has 0 heterocycles. The molecule has 10 nitrogen and oxygen atoms in total. The third-order valence-electron chi connectivity index (χ3n) is 3.14. The van der Waals surface area contributed by atoms with Crippen LogP contribution in [0.25, 0.3) is 0 Å². The maximum Gasteiger partial charge on any atom is 0.297 e. The minimum absolute atomic E-state index is 0.132. The molecule has 0 aliphatic rings. The Kier molecular flexibility index (Phi) is 5.41. The molecule has 11 heteroatoms. The SMILES string of the molecule is O=[N+]([O-])c1cc(C(O)COS(=O)(=O)c2ccccc2)cc([N+](=O)[O-])c1. The Balaban J connectivity index is 2.22. The topological polar surface area (TPSA) is 150 Å². The van der Waals surface area contributed by atoms with Crippen LogP contribution in [0.4, 0.5) is 11.4 Å². The molecule has 132 valence electrons. The molecule has 0 amide bonds. The van der Waals surface area contributed by atoms with Crippen molar-refractivity contribution in [3.63, 3.8) is 0 Å². The van der Waals surface area contributed by atoms with Gasteiger partial charge in [-0.05, 0) is 17.7 Å². The predicted molar refractivity (Wildman–Crippen MR) is 84.3 cm³/mol. The number of aliphatic hydroxyl groups excluding tert-OH is 1. The molecule has 2 rings (SSSR count). The van der Waals surface area contributed by atoms with Crippen LogP contribution in [0.2, 0.25) is 0 Å². The van der Waals surface area contributed by atoms with Gasteiger partial charge in [0.15, 0.2) is 0 Å². The molecular formula is C14H12N2O8S. The number of aliphatic hydroxyl groups is 1. The second-order valence-electron chi connectivity index (χ2n) is 4.86. The van der Waals surface area contributed by atoms with Gasteiger partial charge in [-0.2, -0.15) is 8.42 Å². The highest BCUT2D eigenvalue weighted by atomic mass is 32.2. The summed E-state index contributed by atoms with van der Waals surface area (Å²) in [4.78, 5) is 19.8. The van der Waals surface area contributed by atoms with Crippen LogP contribution in [0.1, 0.15) is 11.7 Å². The van der Waals surface area contributed by atoms with Crippen LogP contribution in [0.5, 0.6) is 0 Å². The van der Waals surface area contributed by atoms with Gasteiger partial charge in [0.25, 0.3) is 21.5 Å². The first kappa shape index (κ1) is 18.4. The van der Waals surface area contributed by atoms with Crippen molar-refractivity contribution in [2.24, 2.45) is 0 Å².